The van der Waals surface area contributed by atoms with E-state index >= 15 is 0 Å². The molecule has 0 saturated carbocycles. The highest BCUT2D eigenvalue weighted by molar-refractivity contribution is 5.75. The minimum Gasteiger partial charge on any atom is -0.381 e. The van der Waals surface area contributed by atoms with Gasteiger partial charge >= 0.3 is 6.03 Å². The number of nitrogens with zero attached hydrogens (tertiary/aromatic N) is 1. The largest absolute Gasteiger partial charge is 0.381 e. The SMILES string of the molecule is COC1CCN(C(=O)NC2CCOC2)C(CN)C1. The summed E-state index contributed by atoms with van der Waals surface area (Å²) in [6, 6.07) is 0.206. The fraction of sp³-hybridized carbons (Fsp3) is 0.917. The fourth-order valence-corrected chi connectivity index (χ4v) is 2.62. The van der Waals surface area contributed by atoms with Crippen LogP contribution < -0.4 is 11.1 Å². The standard InChI is InChI=1S/C12H23N3O3/c1-17-11-2-4-15(10(6-11)7-13)12(16)14-9-3-5-18-8-9/h9-11H,2-8,13H2,1H3,(H,14,16). The van der Waals surface area contributed by atoms with Crippen LogP contribution in [0.25, 0.3) is 0 Å². The smallest absolute Gasteiger partial charge is 0.317 e. The van der Waals surface area contributed by atoms with Crippen LogP contribution in [0.3, 0.4) is 0 Å². The van der Waals surface area contributed by atoms with E-state index in [1.54, 1.807) is 7.11 Å². The van der Waals surface area contributed by atoms with Crippen molar-refractivity contribution < 1.29 is 14.3 Å². The van der Waals surface area contributed by atoms with E-state index in [1.165, 1.54) is 0 Å². The predicted molar refractivity (Wildman–Crippen MR) is 67.3 cm³/mol. The van der Waals surface area contributed by atoms with E-state index in [1.807, 2.05) is 4.90 Å². The lowest BCUT2D eigenvalue weighted by Crippen LogP contribution is -2.55. The molecule has 6 nitrogen and oxygen atoms in total. The highest BCUT2D eigenvalue weighted by Crippen LogP contribution is 2.19. The van der Waals surface area contributed by atoms with E-state index in [0.717, 1.165) is 25.9 Å². The molecule has 2 saturated heterocycles. The molecule has 18 heavy (non-hydrogen) atoms. The highest BCUT2D eigenvalue weighted by Gasteiger charge is 2.32. The van der Waals surface area contributed by atoms with Crippen LogP contribution in [0, 0.1) is 0 Å². The van der Waals surface area contributed by atoms with Gasteiger partial charge in [-0.05, 0) is 19.3 Å². The first-order valence-corrected chi connectivity index (χ1v) is 6.62. The Morgan fingerprint density at radius 1 is 1.56 bits per heavy atom. The number of carbonyl (C=O) groups excluding carboxylic acids is 1. The number of urea groups is 1. The lowest BCUT2D eigenvalue weighted by atomic mass is 10.00. The number of amides is 2. The average molecular weight is 257 g/mol. The van der Waals surface area contributed by atoms with Crippen LogP contribution >= 0.6 is 0 Å². The van der Waals surface area contributed by atoms with Crippen LogP contribution in [0.5, 0.6) is 0 Å². The molecule has 2 rings (SSSR count). The maximum Gasteiger partial charge on any atom is 0.317 e. The van der Waals surface area contributed by atoms with Gasteiger partial charge in [-0.25, -0.2) is 4.79 Å². The van der Waals surface area contributed by atoms with Gasteiger partial charge in [-0.3, -0.25) is 0 Å². The van der Waals surface area contributed by atoms with Crippen molar-refractivity contribution in [3.8, 4) is 0 Å². The Labute approximate surface area is 108 Å². The summed E-state index contributed by atoms with van der Waals surface area (Å²) in [4.78, 5) is 14.0. The van der Waals surface area contributed by atoms with Gasteiger partial charge in [-0.15, -0.1) is 0 Å². The predicted octanol–water partition coefficient (Wildman–Crippen LogP) is -0.0770. The van der Waals surface area contributed by atoms with Gasteiger partial charge in [-0.2, -0.15) is 0 Å². The van der Waals surface area contributed by atoms with Crippen molar-refractivity contribution in [1.82, 2.24) is 10.2 Å². The van der Waals surface area contributed by atoms with E-state index in [9.17, 15) is 4.79 Å². The summed E-state index contributed by atoms with van der Waals surface area (Å²) in [5.74, 6) is 0. The molecule has 2 aliphatic heterocycles. The minimum absolute atomic E-state index is 0.0181. The Balaban J connectivity index is 1.87. The molecular formula is C12H23N3O3. The molecular weight excluding hydrogens is 234 g/mol. The number of nitrogens with two attached hydrogens (primary N) is 1. The third kappa shape index (κ3) is 3.13. The van der Waals surface area contributed by atoms with E-state index in [0.29, 0.717) is 19.7 Å². The Bertz CT molecular complexity index is 282. The van der Waals surface area contributed by atoms with Crippen molar-refractivity contribution in [1.29, 1.82) is 0 Å². The number of methoxy groups -OCH3 is 1. The van der Waals surface area contributed by atoms with Crippen LogP contribution in [0.1, 0.15) is 19.3 Å². The lowest BCUT2D eigenvalue weighted by Gasteiger charge is -2.38. The van der Waals surface area contributed by atoms with E-state index in [-0.39, 0.29) is 24.2 Å². The van der Waals surface area contributed by atoms with Gasteiger partial charge in [-0.1, -0.05) is 0 Å². The molecule has 0 aromatic rings. The number of piperidine rings is 1. The summed E-state index contributed by atoms with van der Waals surface area (Å²) >= 11 is 0. The van der Waals surface area contributed by atoms with Crippen LogP contribution in [-0.2, 0) is 9.47 Å². The average Bonchev–Trinajstić information content (AvgIpc) is 2.90. The van der Waals surface area contributed by atoms with Gasteiger partial charge in [0, 0.05) is 32.8 Å². The maximum absolute atomic E-state index is 12.2. The van der Waals surface area contributed by atoms with Crippen LogP contribution in [0.4, 0.5) is 4.79 Å². The summed E-state index contributed by atoms with van der Waals surface area (Å²) in [6.07, 6.45) is 2.81. The Kier molecular flexibility index (Phi) is 4.79. The number of likely N-dealkylation sites (tertiary alicyclic amines) is 1. The third-order valence-corrected chi connectivity index (χ3v) is 3.79. The Morgan fingerprint density at radius 3 is 3.00 bits per heavy atom. The number of rotatable bonds is 3. The number of ether oxygens (including phenoxy) is 2. The van der Waals surface area contributed by atoms with Gasteiger partial charge < -0.3 is 25.4 Å². The summed E-state index contributed by atoms with van der Waals surface area (Å²) in [5, 5.41) is 3.01. The second-order valence-corrected chi connectivity index (χ2v) is 4.98. The number of hydrogen-bond donors (Lipinski definition) is 2. The zero-order valence-electron chi connectivity index (χ0n) is 10.9. The van der Waals surface area contributed by atoms with Crippen LogP contribution in [0.2, 0.25) is 0 Å². The first kappa shape index (κ1) is 13.6. The van der Waals surface area contributed by atoms with Crippen molar-refractivity contribution in [3.05, 3.63) is 0 Å². The number of hydrogen-bond acceptors (Lipinski definition) is 4. The van der Waals surface area contributed by atoms with Gasteiger partial charge in [0.2, 0.25) is 0 Å². The normalized spacial score (nSPS) is 32.6. The second-order valence-electron chi connectivity index (χ2n) is 4.98. The summed E-state index contributed by atoms with van der Waals surface area (Å²) in [6.45, 7) is 2.54. The summed E-state index contributed by atoms with van der Waals surface area (Å²) in [5.41, 5.74) is 5.75. The van der Waals surface area contributed by atoms with Crippen molar-refractivity contribution in [2.45, 2.75) is 37.5 Å². The third-order valence-electron chi connectivity index (χ3n) is 3.79. The molecule has 0 bridgehead atoms. The zero-order chi connectivity index (χ0) is 13.0. The molecule has 3 atom stereocenters. The Hall–Kier alpha value is -0.850. The molecule has 3 unspecified atom stereocenters. The highest BCUT2D eigenvalue weighted by atomic mass is 16.5. The maximum atomic E-state index is 12.2. The number of nitrogens with one attached hydrogen (secondary N) is 1. The zero-order valence-corrected chi connectivity index (χ0v) is 10.9. The fourth-order valence-electron chi connectivity index (χ4n) is 2.62. The topological polar surface area (TPSA) is 76.8 Å². The van der Waals surface area contributed by atoms with Crippen molar-refractivity contribution in [2.75, 3.05) is 33.4 Å². The van der Waals surface area contributed by atoms with Gasteiger partial charge in [0.1, 0.15) is 0 Å². The van der Waals surface area contributed by atoms with Gasteiger partial charge in [0.05, 0.1) is 18.8 Å². The van der Waals surface area contributed by atoms with Crippen molar-refractivity contribution in [3.63, 3.8) is 0 Å². The van der Waals surface area contributed by atoms with Crippen LogP contribution in [0.15, 0.2) is 0 Å². The molecule has 2 heterocycles. The van der Waals surface area contributed by atoms with Crippen molar-refractivity contribution >= 4 is 6.03 Å². The monoisotopic (exact) mass is 257 g/mol. The quantitative estimate of drug-likeness (QED) is 0.741. The summed E-state index contributed by atoms with van der Waals surface area (Å²) < 4.78 is 10.6. The van der Waals surface area contributed by atoms with Gasteiger partial charge in [0.25, 0.3) is 0 Å². The Morgan fingerprint density at radius 2 is 2.39 bits per heavy atom. The molecule has 0 radical (unpaired) electrons. The van der Waals surface area contributed by atoms with E-state index < -0.39 is 0 Å². The van der Waals surface area contributed by atoms with Crippen molar-refractivity contribution in [2.24, 2.45) is 5.73 Å². The molecule has 6 heteroatoms. The molecule has 104 valence electrons. The molecule has 0 aromatic heterocycles. The van der Waals surface area contributed by atoms with E-state index in [2.05, 4.69) is 5.32 Å². The first-order chi connectivity index (χ1) is 8.74. The van der Waals surface area contributed by atoms with Crippen LogP contribution in [-0.4, -0.2) is 62.5 Å². The molecule has 2 fully saturated rings. The lowest BCUT2D eigenvalue weighted by molar-refractivity contribution is 0.0265. The second kappa shape index (κ2) is 6.36. The molecule has 0 spiro atoms. The molecule has 2 aliphatic rings. The molecule has 0 aromatic carbocycles. The van der Waals surface area contributed by atoms with Gasteiger partial charge in [0.15, 0.2) is 0 Å². The minimum atomic E-state index is -0.0181. The number of carbonyl (C=O) groups is 1. The first-order valence-electron chi connectivity index (χ1n) is 6.62. The summed E-state index contributed by atoms with van der Waals surface area (Å²) in [7, 11) is 1.71. The molecule has 2 amide bonds. The molecule has 0 aliphatic carbocycles. The molecule has 3 N–H and O–H groups in total. The van der Waals surface area contributed by atoms with E-state index in [4.69, 9.17) is 15.2 Å².